The van der Waals surface area contributed by atoms with Crippen LogP contribution in [0.4, 0.5) is 5.82 Å². The fourth-order valence-electron chi connectivity index (χ4n) is 1.64. The highest BCUT2D eigenvalue weighted by atomic mass is 35.5. The van der Waals surface area contributed by atoms with Gasteiger partial charge in [-0.25, -0.2) is 9.97 Å². The second-order valence-electron chi connectivity index (χ2n) is 4.26. The number of hydrogen-bond acceptors (Lipinski definition) is 4. The lowest BCUT2D eigenvalue weighted by Gasteiger charge is -2.20. The number of rotatable bonds is 4. The number of allylic oxidation sites excluding steroid dienone is 1. The van der Waals surface area contributed by atoms with Crippen LogP contribution in [0.3, 0.4) is 0 Å². The summed E-state index contributed by atoms with van der Waals surface area (Å²) in [4.78, 5) is 14.4. The van der Waals surface area contributed by atoms with E-state index in [1.165, 1.54) is 0 Å². The molecule has 1 aromatic heterocycles. The van der Waals surface area contributed by atoms with E-state index in [9.17, 15) is 0 Å². The van der Waals surface area contributed by atoms with Crippen molar-refractivity contribution < 1.29 is 0 Å². The zero-order valence-electron chi connectivity index (χ0n) is 12.0. The zero-order chi connectivity index (χ0) is 14.4. The normalized spacial score (nSPS) is 12.5. The Morgan fingerprint density at radius 1 is 1.53 bits per heavy atom. The predicted octanol–water partition coefficient (Wildman–Crippen LogP) is 2.73. The average Bonchev–Trinajstić information content (AvgIpc) is 2.34. The Morgan fingerprint density at radius 3 is 2.74 bits per heavy atom. The van der Waals surface area contributed by atoms with E-state index in [0.717, 1.165) is 23.5 Å². The van der Waals surface area contributed by atoms with Crippen LogP contribution < -0.4 is 5.32 Å². The van der Waals surface area contributed by atoms with Crippen LogP contribution in [0.2, 0.25) is 5.28 Å². The van der Waals surface area contributed by atoms with Crippen LogP contribution in [0.5, 0.6) is 0 Å². The van der Waals surface area contributed by atoms with Gasteiger partial charge in [0, 0.05) is 32.9 Å². The summed E-state index contributed by atoms with van der Waals surface area (Å²) in [6, 6.07) is 0. The van der Waals surface area contributed by atoms with Gasteiger partial charge in [-0.2, -0.15) is 0 Å². The first-order chi connectivity index (χ1) is 8.99. The van der Waals surface area contributed by atoms with Crippen LogP contribution in [0.15, 0.2) is 23.0 Å². The SMILES string of the molecule is CC/C=C(/Nc1nc(Cl)ncc1C)C(=NC)N(C)C. The number of hydrogen-bond donors (Lipinski definition) is 1. The van der Waals surface area contributed by atoms with Crippen molar-refractivity contribution in [2.45, 2.75) is 20.3 Å². The smallest absolute Gasteiger partial charge is 0.224 e. The van der Waals surface area contributed by atoms with E-state index in [1.807, 2.05) is 25.9 Å². The third kappa shape index (κ3) is 4.21. The molecule has 0 saturated heterocycles. The first kappa shape index (κ1) is 15.4. The zero-order valence-corrected chi connectivity index (χ0v) is 12.8. The third-order valence-electron chi connectivity index (χ3n) is 2.48. The lowest BCUT2D eigenvalue weighted by atomic mass is 10.2. The second kappa shape index (κ2) is 7.09. The number of likely N-dealkylation sites (N-methyl/N-ethyl adjacent to an activating group) is 1. The summed E-state index contributed by atoms with van der Waals surface area (Å²) in [7, 11) is 5.67. The fraction of sp³-hybridized carbons (Fsp3) is 0.462. The maximum Gasteiger partial charge on any atom is 0.224 e. The van der Waals surface area contributed by atoms with Crippen LogP contribution in [-0.4, -0.2) is 41.8 Å². The molecule has 1 rings (SSSR count). The van der Waals surface area contributed by atoms with E-state index < -0.39 is 0 Å². The highest BCUT2D eigenvalue weighted by Crippen LogP contribution is 2.16. The van der Waals surface area contributed by atoms with Gasteiger partial charge in [-0.15, -0.1) is 0 Å². The summed E-state index contributed by atoms with van der Waals surface area (Å²) in [5.41, 5.74) is 1.84. The average molecular weight is 282 g/mol. The van der Waals surface area contributed by atoms with Gasteiger partial charge in [0.05, 0.1) is 5.70 Å². The summed E-state index contributed by atoms with van der Waals surface area (Å²) in [5.74, 6) is 1.55. The molecule has 0 atom stereocenters. The monoisotopic (exact) mass is 281 g/mol. The topological polar surface area (TPSA) is 53.4 Å². The molecule has 0 aliphatic rings. The predicted molar refractivity (Wildman–Crippen MR) is 80.8 cm³/mol. The van der Waals surface area contributed by atoms with Crippen LogP contribution in [0, 0.1) is 6.92 Å². The first-order valence-electron chi connectivity index (χ1n) is 6.10. The van der Waals surface area contributed by atoms with Gasteiger partial charge < -0.3 is 10.2 Å². The number of nitrogens with zero attached hydrogens (tertiary/aromatic N) is 4. The molecular weight excluding hydrogens is 262 g/mol. The van der Waals surface area contributed by atoms with E-state index >= 15 is 0 Å². The number of aromatic nitrogens is 2. The summed E-state index contributed by atoms with van der Waals surface area (Å²) in [6.45, 7) is 4.01. The number of aliphatic imine (C=N–C) groups is 1. The Bertz CT molecular complexity index is 494. The first-order valence-corrected chi connectivity index (χ1v) is 6.48. The van der Waals surface area contributed by atoms with Crippen molar-refractivity contribution in [3.8, 4) is 0 Å². The fourth-order valence-corrected chi connectivity index (χ4v) is 1.77. The minimum Gasteiger partial charge on any atom is -0.361 e. The summed E-state index contributed by atoms with van der Waals surface area (Å²) < 4.78 is 0. The highest BCUT2D eigenvalue weighted by Gasteiger charge is 2.11. The van der Waals surface area contributed by atoms with Gasteiger partial charge in [-0.1, -0.05) is 13.0 Å². The molecule has 0 aliphatic heterocycles. The summed E-state index contributed by atoms with van der Waals surface area (Å²) in [5, 5.41) is 3.50. The number of nitrogens with one attached hydrogen (secondary N) is 1. The maximum atomic E-state index is 5.83. The summed E-state index contributed by atoms with van der Waals surface area (Å²) in [6.07, 6.45) is 4.66. The molecule has 5 nitrogen and oxygen atoms in total. The molecular formula is C13H20ClN5. The molecule has 0 unspecified atom stereocenters. The molecule has 0 fully saturated rings. The standard InChI is InChI=1S/C13H20ClN5/c1-6-7-10(12(15-3)19(4)5)17-11-9(2)8-16-13(14)18-11/h7-8H,6H2,1-5H3,(H,16,17,18)/b10-7+,15-12?. The largest absolute Gasteiger partial charge is 0.361 e. The van der Waals surface area contributed by atoms with Crippen LogP contribution in [0.1, 0.15) is 18.9 Å². The third-order valence-corrected chi connectivity index (χ3v) is 2.66. The van der Waals surface area contributed by atoms with Crippen molar-refractivity contribution >= 4 is 23.3 Å². The molecule has 19 heavy (non-hydrogen) atoms. The molecule has 0 radical (unpaired) electrons. The van der Waals surface area contributed by atoms with E-state index in [1.54, 1.807) is 13.2 Å². The lowest BCUT2D eigenvalue weighted by Crippen LogP contribution is -2.27. The van der Waals surface area contributed by atoms with E-state index in [2.05, 4.69) is 33.3 Å². The molecule has 0 amide bonds. The van der Waals surface area contributed by atoms with Gasteiger partial charge in [0.1, 0.15) is 11.7 Å². The molecule has 0 aliphatic carbocycles. The van der Waals surface area contributed by atoms with Gasteiger partial charge in [-0.3, -0.25) is 4.99 Å². The van der Waals surface area contributed by atoms with Gasteiger partial charge in [0.25, 0.3) is 0 Å². The molecule has 0 bridgehead atoms. The Kier molecular flexibility index (Phi) is 5.76. The number of aryl methyl sites for hydroxylation is 1. The quantitative estimate of drug-likeness (QED) is 0.524. The Labute approximate surface area is 119 Å². The molecule has 0 spiro atoms. The van der Waals surface area contributed by atoms with Crippen molar-refractivity contribution in [1.29, 1.82) is 0 Å². The van der Waals surface area contributed by atoms with Crippen molar-refractivity contribution in [2.24, 2.45) is 4.99 Å². The minimum atomic E-state index is 0.226. The van der Waals surface area contributed by atoms with E-state index in [4.69, 9.17) is 11.6 Å². The van der Waals surface area contributed by atoms with Crippen molar-refractivity contribution in [3.63, 3.8) is 0 Å². The van der Waals surface area contributed by atoms with Crippen molar-refractivity contribution in [2.75, 3.05) is 26.5 Å². The molecule has 1 N–H and O–H groups in total. The molecule has 1 heterocycles. The Balaban J connectivity index is 3.10. The van der Waals surface area contributed by atoms with Crippen LogP contribution in [-0.2, 0) is 0 Å². The van der Waals surface area contributed by atoms with Gasteiger partial charge in [-0.05, 0) is 24.9 Å². The number of anilines is 1. The molecule has 0 aromatic carbocycles. The highest BCUT2D eigenvalue weighted by molar-refractivity contribution is 6.28. The number of halogens is 1. The van der Waals surface area contributed by atoms with Gasteiger partial charge in [0.15, 0.2) is 0 Å². The van der Waals surface area contributed by atoms with E-state index in [0.29, 0.717) is 5.82 Å². The molecule has 1 aromatic rings. The van der Waals surface area contributed by atoms with Gasteiger partial charge >= 0.3 is 0 Å². The molecule has 6 heteroatoms. The lowest BCUT2D eigenvalue weighted by molar-refractivity contribution is 0.620. The van der Waals surface area contributed by atoms with E-state index in [-0.39, 0.29) is 5.28 Å². The second-order valence-corrected chi connectivity index (χ2v) is 4.60. The number of amidine groups is 1. The minimum absolute atomic E-state index is 0.226. The van der Waals surface area contributed by atoms with Gasteiger partial charge in [0.2, 0.25) is 5.28 Å². The van der Waals surface area contributed by atoms with Crippen LogP contribution in [0.25, 0.3) is 0 Å². The summed E-state index contributed by atoms with van der Waals surface area (Å²) >= 11 is 5.83. The molecule has 104 valence electrons. The van der Waals surface area contributed by atoms with Crippen molar-refractivity contribution in [3.05, 3.63) is 28.8 Å². The maximum absolute atomic E-state index is 5.83. The molecule has 0 saturated carbocycles. The van der Waals surface area contributed by atoms with Crippen LogP contribution >= 0.6 is 11.6 Å². The Hall–Kier alpha value is -1.62. The Morgan fingerprint density at radius 2 is 2.21 bits per heavy atom. The van der Waals surface area contributed by atoms with Crippen molar-refractivity contribution in [1.82, 2.24) is 14.9 Å².